The van der Waals surface area contributed by atoms with E-state index in [9.17, 15) is 9.18 Å². The van der Waals surface area contributed by atoms with Crippen molar-refractivity contribution in [3.05, 3.63) is 58.4 Å². The molecule has 0 fully saturated rings. The number of benzene rings is 2. The third-order valence-corrected chi connectivity index (χ3v) is 2.95. The maximum atomic E-state index is 13.8. The first-order chi connectivity index (χ1) is 10.2. The van der Waals surface area contributed by atoms with Crippen LogP contribution in [0.15, 0.2) is 36.4 Å². The molecule has 2 aromatic carbocycles. The van der Waals surface area contributed by atoms with Gasteiger partial charge in [-0.05, 0) is 30.7 Å². The van der Waals surface area contributed by atoms with Crippen LogP contribution in [-0.2, 0) is 11.2 Å². The molecule has 2 aromatic rings. The number of anilines is 2. The van der Waals surface area contributed by atoms with E-state index in [0.29, 0.717) is 5.56 Å². The van der Waals surface area contributed by atoms with Crippen LogP contribution in [0.5, 0.6) is 0 Å². The lowest BCUT2D eigenvalue weighted by Crippen LogP contribution is -2.05. The van der Waals surface area contributed by atoms with Crippen molar-refractivity contribution < 1.29 is 17.0 Å². The van der Waals surface area contributed by atoms with Gasteiger partial charge in [0.2, 0.25) is 0 Å². The normalized spacial score (nSPS) is 12.6. The monoisotopic (exact) mass is 295 g/mol. The van der Waals surface area contributed by atoms with Gasteiger partial charge in [-0.1, -0.05) is 35.4 Å². The van der Waals surface area contributed by atoms with E-state index < -0.39 is 18.2 Å². The summed E-state index contributed by atoms with van der Waals surface area (Å²) in [6.07, 6.45) is -2.62. The molecule has 0 atom stereocenters. The number of aryl methyl sites for hydroxylation is 1. The number of carboxylic acid groups (broad SMARTS) is 1. The van der Waals surface area contributed by atoms with Crippen LogP contribution >= 0.6 is 11.6 Å². The molecule has 0 unspecified atom stereocenters. The zero-order valence-electron chi connectivity index (χ0n) is 12.6. The Hall–Kier alpha value is -2.07. The van der Waals surface area contributed by atoms with E-state index in [0.717, 1.165) is 0 Å². The minimum Gasteiger partial charge on any atom is -0.481 e. The van der Waals surface area contributed by atoms with Crippen molar-refractivity contribution in [3.8, 4) is 0 Å². The minimum absolute atomic E-state index is 0.0320. The lowest BCUT2D eigenvalue weighted by atomic mass is 10.1. The van der Waals surface area contributed by atoms with Crippen molar-refractivity contribution in [2.24, 2.45) is 0 Å². The van der Waals surface area contributed by atoms with Gasteiger partial charge in [-0.3, -0.25) is 4.79 Å². The first-order valence-electron chi connectivity index (χ1n) is 6.79. The molecule has 0 aromatic heterocycles. The summed E-state index contributed by atoms with van der Waals surface area (Å²) in [5, 5.41) is 11.9. The predicted molar refractivity (Wildman–Crippen MR) is 77.2 cm³/mol. The fourth-order valence-corrected chi connectivity index (χ4v) is 1.95. The van der Waals surface area contributed by atoms with Gasteiger partial charge in [0, 0.05) is 8.43 Å². The number of para-hydroxylation sites is 1. The Kier molecular flexibility index (Phi) is 3.47. The van der Waals surface area contributed by atoms with Crippen LogP contribution in [0.4, 0.5) is 15.8 Å². The lowest BCUT2D eigenvalue weighted by molar-refractivity contribution is -0.136. The first-order valence-corrected chi connectivity index (χ1v) is 6.17. The molecule has 0 saturated carbocycles. The van der Waals surface area contributed by atoms with Gasteiger partial charge in [-0.2, -0.15) is 0 Å². The summed E-state index contributed by atoms with van der Waals surface area (Å²) in [6.45, 7) is 1.71. The summed E-state index contributed by atoms with van der Waals surface area (Å²) in [6, 6.07) is 8.69. The molecule has 2 N–H and O–H groups in total. The van der Waals surface area contributed by atoms with E-state index in [-0.39, 0.29) is 22.0 Å². The zero-order chi connectivity index (χ0) is 16.5. The van der Waals surface area contributed by atoms with Gasteiger partial charge in [-0.25, -0.2) is 4.39 Å². The highest BCUT2D eigenvalue weighted by Crippen LogP contribution is 2.30. The predicted octanol–water partition coefficient (Wildman–Crippen LogP) is 4.16. The van der Waals surface area contributed by atoms with Crippen molar-refractivity contribution in [2.75, 3.05) is 5.32 Å². The summed E-state index contributed by atoms with van der Waals surface area (Å²) in [4.78, 5) is 11.2. The SMILES string of the molecule is [2H]C([2H])(C(=O)O)c1cc(C)ccc1Nc1c(F)cccc1Cl. The second kappa shape index (κ2) is 5.92. The average molecular weight is 296 g/mol. The zero-order valence-corrected chi connectivity index (χ0v) is 11.3. The van der Waals surface area contributed by atoms with Crippen molar-refractivity contribution >= 4 is 28.9 Å². The number of aliphatic carboxylic acids is 1. The summed E-state index contributed by atoms with van der Waals surface area (Å²) in [7, 11) is 0. The Labute approximate surface area is 123 Å². The molecule has 0 aliphatic carbocycles. The molecule has 0 amide bonds. The van der Waals surface area contributed by atoms with Crippen LogP contribution < -0.4 is 5.32 Å². The lowest BCUT2D eigenvalue weighted by Gasteiger charge is -2.13. The molecule has 3 nitrogen and oxygen atoms in total. The Morgan fingerprint density at radius 3 is 2.85 bits per heavy atom. The largest absolute Gasteiger partial charge is 0.481 e. The van der Waals surface area contributed by atoms with Crippen molar-refractivity contribution in [2.45, 2.75) is 13.3 Å². The van der Waals surface area contributed by atoms with Gasteiger partial charge in [0.1, 0.15) is 5.82 Å². The quantitative estimate of drug-likeness (QED) is 0.890. The van der Waals surface area contributed by atoms with Crippen LogP contribution in [0.3, 0.4) is 0 Å². The number of carbonyl (C=O) groups is 1. The topological polar surface area (TPSA) is 49.3 Å². The Balaban J connectivity index is 2.55. The Morgan fingerprint density at radius 2 is 2.20 bits per heavy atom. The van der Waals surface area contributed by atoms with Crippen LogP contribution in [0.1, 0.15) is 13.9 Å². The average Bonchev–Trinajstić information content (AvgIpc) is 2.44. The number of carboxylic acids is 1. The van der Waals surface area contributed by atoms with Gasteiger partial charge in [0.15, 0.2) is 0 Å². The molecule has 2 rings (SSSR count). The third kappa shape index (κ3) is 3.27. The molecule has 20 heavy (non-hydrogen) atoms. The maximum absolute atomic E-state index is 13.8. The number of halogens is 2. The molecule has 0 aliphatic heterocycles. The van der Waals surface area contributed by atoms with Gasteiger partial charge in [0.25, 0.3) is 0 Å². The molecule has 0 heterocycles. The molecule has 0 aliphatic rings. The number of hydrogen-bond acceptors (Lipinski definition) is 2. The minimum atomic E-state index is -2.62. The second-order valence-electron chi connectivity index (χ2n) is 4.20. The molecular weight excluding hydrogens is 281 g/mol. The summed E-state index contributed by atoms with van der Waals surface area (Å²) < 4.78 is 29.3. The Bertz CT molecular complexity index is 717. The highest BCUT2D eigenvalue weighted by molar-refractivity contribution is 6.33. The number of nitrogens with one attached hydrogen (secondary N) is 1. The van der Waals surface area contributed by atoms with Crippen LogP contribution in [0.2, 0.25) is 5.02 Å². The van der Waals surface area contributed by atoms with Crippen LogP contribution in [0.25, 0.3) is 0 Å². The van der Waals surface area contributed by atoms with E-state index in [1.165, 1.54) is 30.3 Å². The maximum Gasteiger partial charge on any atom is 0.307 e. The molecule has 0 bridgehead atoms. The number of rotatable bonds is 4. The van der Waals surface area contributed by atoms with Gasteiger partial charge >= 0.3 is 5.97 Å². The third-order valence-electron chi connectivity index (χ3n) is 2.64. The highest BCUT2D eigenvalue weighted by Gasteiger charge is 2.11. The highest BCUT2D eigenvalue weighted by atomic mass is 35.5. The number of hydrogen-bond donors (Lipinski definition) is 2. The smallest absolute Gasteiger partial charge is 0.307 e. The van der Waals surface area contributed by atoms with E-state index in [1.54, 1.807) is 13.0 Å². The molecule has 104 valence electrons. The van der Waals surface area contributed by atoms with Crippen LogP contribution in [-0.4, -0.2) is 11.1 Å². The van der Waals surface area contributed by atoms with Crippen molar-refractivity contribution in [1.82, 2.24) is 0 Å². The van der Waals surface area contributed by atoms with Crippen molar-refractivity contribution in [3.63, 3.8) is 0 Å². The first kappa shape index (κ1) is 11.7. The van der Waals surface area contributed by atoms with Gasteiger partial charge in [0.05, 0.1) is 17.1 Å². The van der Waals surface area contributed by atoms with Gasteiger partial charge in [-0.15, -0.1) is 0 Å². The van der Waals surface area contributed by atoms with Crippen LogP contribution in [0, 0.1) is 12.7 Å². The summed E-state index contributed by atoms with van der Waals surface area (Å²) >= 11 is 5.93. The standard InChI is InChI=1S/C15H13ClFNO2/c1-9-5-6-13(10(7-9)8-14(19)20)18-15-11(16)3-2-4-12(15)17/h2-7,18H,8H2,1H3,(H,19,20)/i8D2. The van der Waals surface area contributed by atoms with E-state index in [2.05, 4.69) is 5.32 Å². The molecule has 0 radical (unpaired) electrons. The molecular formula is C15H13ClFNO2. The molecule has 0 spiro atoms. The summed E-state index contributed by atoms with van der Waals surface area (Å²) in [5.41, 5.74) is 0.699. The summed E-state index contributed by atoms with van der Waals surface area (Å²) in [5.74, 6) is -2.24. The fraction of sp³-hybridized carbons (Fsp3) is 0.133. The van der Waals surface area contributed by atoms with E-state index in [1.807, 2.05) is 0 Å². The van der Waals surface area contributed by atoms with E-state index in [4.69, 9.17) is 19.4 Å². The molecule has 0 saturated heterocycles. The second-order valence-corrected chi connectivity index (χ2v) is 4.61. The Morgan fingerprint density at radius 1 is 1.45 bits per heavy atom. The van der Waals surface area contributed by atoms with Gasteiger partial charge < -0.3 is 10.4 Å². The molecule has 5 heteroatoms. The van der Waals surface area contributed by atoms with E-state index >= 15 is 0 Å². The van der Waals surface area contributed by atoms with Crippen molar-refractivity contribution in [1.29, 1.82) is 0 Å². The fourth-order valence-electron chi connectivity index (χ4n) is 1.74.